The van der Waals surface area contributed by atoms with Gasteiger partial charge in [-0.05, 0) is 49.8 Å². The van der Waals surface area contributed by atoms with Gasteiger partial charge in [-0.1, -0.05) is 49.8 Å². The van der Waals surface area contributed by atoms with Gasteiger partial charge in [-0.3, -0.25) is 4.79 Å². The molecule has 0 spiro atoms. The molecule has 0 bridgehead atoms. The first-order valence-electron chi connectivity index (χ1n) is 9.71. The lowest BCUT2D eigenvalue weighted by Crippen LogP contribution is -2.14. The Hall–Kier alpha value is -2.80. The van der Waals surface area contributed by atoms with Gasteiger partial charge >= 0.3 is 5.97 Å². The number of benzene rings is 1. The number of rotatable bonds is 6. The van der Waals surface area contributed by atoms with Gasteiger partial charge in [-0.15, -0.1) is 0 Å². The molecular formula is C24H27NO3. The van der Waals surface area contributed by atoms with Crippen LogP contribution in [0.15, 0.2) is 59.9 Å². The van der Waals surface area contributed by atoms with Crippen LogP contribution in [0.2, 0.25) is 0 Å². The van der Waals surface area contributed by atoms with Crippen LogP contribution in [0.25, 0.3) is 0 Å². The SMILES string of the molecule is CC(C)=C[C@H]1[C@@H](C(=O)O[C@H](C#N)c2cccc(OC3=CC=CCC3)c2)C1(C)C. The Morgan fingerprint density at radius 3 is 2.79 bits per heavy atom. The van der Waals surface area contributed by atoms with Gasteiger partial charge in [0.05, 0.1) is 5.92 Å². The molecule has 0 heterocycles. The minimum absolute atomic E-state index is 0.139. The number of hydrogen-bond donors (Lipinski definition) is 0. The molecule has 1 fully saturated rings. The molecule has 2 aliphatic carbocycles. The summed E-state index contributed by atoms with van der Waals surface area (Å²) in [7, 11) is 0. The summed E-state index contributed by atoms with van der Waals surface area (Å²) >= 11 is 0. The molecule has 0 radical (unpaired) electrons. The summed E-state index contributed by atoms with van der Waals surface area (Å²) in [5, 5.41) is 9.58. The van der Waals surface area contributed by atoms with Gasteiger partial charge in [-0.25, -0.2) is 0 Å². The molecule has 0 amide bonds. The van der Waals surface area contributed by atoms with Crippen molar-refractivity contribution in [3.8, 4) is 11.8 Å². The zero-order valence-electron chi connectivity index (χ0n) is 16.9. The molecule has 1 aromatic carbocycles. The first kappa shape index (κ1) is 19.9. The minimum atomic E-state index is -0.944. The van der Waals surface area contributed by atoms with Crippen LogP contribution in [0.3, 0.4) is 0 Å². The zero-order valence-corrected chi connectivity index (χ0v) is 16.9. The summed E-state index contributed by atoms with van der Waals surface area (Å²) in [6.45, 7) is 8.17. The van der Waals surface area contributed by atoms with Crippen LogP contribution in [0, 0.1) is 28.6 Å². The Labute approximate surface area is 167 Å². The van der Waals surface area contributed by atoms with E-state index in [2.05, 4.69) is 32.1 Å². The third-order valence-electron chi connectivity index (χ3n) is 5.41. The Morgan fingerprint density at radius 2 is 2.14 bits per heavy atom. The summed E-state index contributed by atoms with van der Waals surface area (Å²) in [4.78, 5) is 12.7. The van der Waals surface area contributed by atoms with Gasteiger partial charge in [-0.2, -0.15) is 5.26 Å². The van der Waals surface area contributed by atoms with Gasteiger partial charge in [0.1, 0.15) is 17.6 Å². The second kappa shape index (κ2) is 8.06. The summed E-state index contributed by atoms with van der Waals surface area (Å²) < 4.78 is 11.5. The third kappa shape index (κ3) is 4.36. The number of hydrogen-bond acceptors (Lipinski definition) is 4. The van der Waals surface area contributed by atoms with E-state index in [9.17, 15) is 10.1 Å². The van der Waals surface area contributed by atoms with Crippen LogP contribution in [0.1, 0.15) is 52.2 Å². The standard InChI is InChI=1S/C24H27NO3/c1-16(2)13-20-22(24(20,3)4)23(26)28-21(15-25)17-9-8-12-19(14-17)27-18-10-6-5-7-11-18/h5-6,8-10,12-14,20-22H,7,11H2,1-4H3/t20-,21+,22-/m0/s1. The summed E-state index contributed by atoms with van der Waals surface area (Å²) in [6.07, 6.45) is 8.98. The van der Waals surface area contributed by atoms with E-state index in [0.717, 1.165) is 18.6 Å². The normalized spacial score (nSPS) is 23.0. The monoisotopic (exact) mass is 377 g/mol. The molecule has 0 saturated heterocycles. The van der Waals surface area contributed by atoms with Crippen LogP contribution in [0.5, 0.6) is 5.75 Å². The van der Waals surface area contributed by atoms with Crippen molar-refractivity contribution >= 4 is 5.97 Å². The third-order valence-corrected chi connectivity index (χ3v) is 5.41. The molecule has 0 aliphatic heterocycles. The van der Waals surface area contributed by atoms with Crippen LogP contribution >= 0.6 is 0 Å². The van der Waals surface area contributed by atoms with Crippen molar-refractivity contribution in [3.63, 3.8) is 0 Å². The molecule has 1 aromatic rings. The second-order valence-corrected chi connectivity index (χ2v) is 8.29. The van der Waals surface area contributed by atoms with Crippen molar-refractivity contribution in [1.29, 1.82) is 5.26 Å². The van der Waals surface area contributed by atoms with Crippen molar-refractivity contribution in [1.82, 2.24) is 0 Å². The van der Waals surface area contributed by atoms with E-state index in [1.807, 2.05) is 38.1 Å². The lowest BCUT2D eigenvalue weighted by atomic mass is 10.1. The topological polar surface area (TPSA) is 59.3 Å². The number of carbonyl (C=O) groups is 1. The average Bonchev–Trinajstić information content (AvgIpc) is 3.20. The number of esters is 1. The molecule has 0 aromatic heterocycles. The average molecular weight is 377 g/mol. The minimum Gasteiger partial charge on any atom is -0.462 e. The summed E-state index contributed by atoms with van der Waals surface area (Å²) in [5.74, 6) is 1.16. The van der Waals surface area contributed by atoms with Crippen molar-refractivity contribution in [2.45, 2.75) is 46.6 Å². The first-order valence-corrected chi connectivity index (χ1v) is 9.71. The number of allylic oxidation sites excluding steroid dienone is 6. The molecule has 146 valence electrons. The molecule has 0 N–H and O–H groups in total. The molecule has 3 rings (SSSR count). The quantitative estimate of drug-likeness (QED) is 0.475. The Kier molecular flexibility index (Phi) is 5.74. The zero-order chi connectivity index (χ0) is 20.3. The first-order chi connectivity index (χ1) is 13.3. The lowest BCUT2D eigenvalue weighted by Gasteiger charge is -2.15. The highest BCUT2D eigenvalue weighted by atomic mass is 16.5. The van der Waals surface area contributed by atoms with Crippen LogP contribution in [0.4, 0.5) is 0 Å². The van der Waals surface area contributed by atoms with Crippen molar-refractivity contribution in [2.75, 3.05) is 0 Å². The fraction of sp³-hybridized carbons (Fsp3) is 0.417. The van der Waals surface area contributed by atoms with Crippen molar-refractivity contribution < 1.29 is 14.3 Å². The highest BCUT2D eigenvalue weighted by molar-refractivity contribution is 5.78. The number of nitrogens with zero attached hydrogens (tertiary/aromatic N) is 1. The fourth-order valence-electron chi connectivity index (χ4n) is 3.71. The van der Waals surface area contributed by atoms with Gasteiger partial charge in [0.25, 0.3) is 0 Å². The van der Waals surface area contributed by atoms with Crippen LogP contribution in [-0.2, 0) is 9.53 Å². The highest BCUT2D eigenvalue weighted by Crippen LogP contribution is 2.60. The number of ether oxygens (including phenoxy) is 2. The van der Waals surface area contributed by atoms with Gasteiger partial charge in [0, 0.05) is 12.0 Å². The Morgan fingerprint density at radius 1 is 1.36 bits per heavy atom. The van der Waals surface area contributed by atoms with E-state index < -0.39 is 6.10 Å². The smallest absolute Gasteiger partial charge is 0.311 e. The highest BCUT2D eigenvalue weighted by Gasteiger charge is 2.61. The molecular weight excluding hydrogens is 350 g/mol. The molecule has 4 heteroatoms. The predicted molar refractivity (Wildman–Crippen MR) is 108 cm³/mol. The fourth-order valence-corrected chi connectivity index (χ4v) is 3.71. The molecule has 4 nitrogen and oxygen atoms in total. The molecule has 0 unspecified atom stereocenters. The maximum Gasteiger partial charge on any atom is 0.311 e. The van der Waals surface area contributed by atoms with Crippen molar-refractivity contribution in [2.24, 2.45) is 17.3 Å². The van der Waals surface area contributed by atoms with Crippen molar-refractivity contribution in [3.05, 3.63) is 65.5 Å². The van der Waals surface area contributed by atoms with Crippen LogP contribution < -0.4 is 4.74 Å². The molecule has 3 atom stereocenters. The predicted octanol–water partition coefficient (Wildman–Crippen LogP) is 5.65. The van der Waals surface area contributed by atoms with Gasteiger partial charge < -0.3 is 9.47 Å². The largest absolute Gasteiger partial charge is 0.462 e. The van der Waals surface area contributed by atoms with Crippen LogP contribution in [-0.4, -0.2) is 5.97 Å². The van der Waals surface area contributed by atoms with Gasteiger partial charge in [0.15, 0.2) is 0 Å². The lowest BCUT2D eigenvalue weighted by molar-refractivity contribution is -0.149. The number of nitriles is 1. The van der Waals surface area contributed by atoms with E-state index >= 15 is 0 Å². The van der Waals surface area contributed by atoms with E-state index in [1.165, 1.54) is 5.57 Å². The van der Waals surface area contributed by atoms with E-state index in [0.29, 0.717) is 11.3 Å². The van der Waals surface area contributed by atoms with Gasteiger partial charge in [0.2, 0.25) is 6.10 Å². The number of carbonyl (C=O) groups excluding carboxylic acids is 1. The van der Waals surface area contributed by atoms with E-state index in [4.69, 9.17) is 9.47 Å². The van der Waals surface area contributed by atoms with E-state index in [1.54, 1.807) is 12.1 Å². The molecule has 1 saturated carbocycles. The summed E-state index contributed by atoms with van der Waals surface area (Å²) in [5.41, 5.74) is 1.67. The molecule has 28 heavy (non-hydrogen) atoms. The van der Waals surface area contributed by atoms with E-state index in [-0.39, 0.29) is 23.2 Å². The maximum absolute atomic E-state index is 12.7. The second-order valence-electron chi connectivity index (χ2n) is 8.29. The Bertz CT molecular complexity index is 881. The Balaban J connectivity index is 1.70. The molecule has 2 aliphatic rings. The maximum atomic E-state index is 12.7. The summed E-state index contributed by atoms with van der Waals surface area (Å²) in [6, 6.07) is 9.32.